The smallest absolute Gasteiger partial charge is 0.306 e. The molecule has 0 spiro atoms. The summed E-state index contributed by atoms with van der Waals surface area (Å²) < 4.78 is 33.9. The predicted octanol–water partition coefficient (Wildman–Crippen LogP) is 10.2. The number of allylic oxidation sites excluding steroid dienone is 9. The maximum Gasteiger partial charge on any atom is 0.306 e. The normalized spacial score (nSPS) is 18.0. The highest BCUT2D eigenvalue weighted by Gasteiger charge is 2.27. The van der Waals surface area contributed by atoms with E-state index < -0.39 is 38.6 Å². The van der Waals surface area contributed by atoms with Gasteiger partial charge in [0.15, 0.2) is 11.9 Å². The number of aliphatic hydroxyl groups excluding tert-OH is 1. The van der Waals surface area contributed by atoms with Crippen LogP contribution in [0.3, 0.4) is 0 Å². The van der Waals surface area contributed by atoms with Crippen molar-refractivity contribution >= 4 is 25.5 Å². The number of unbranched alkanes of at least 4 members (excludes halogenated alkanes) is 13. The molecule has 1 unspecified atom stereocenters. The summed E-state index contributed by atoms with van der Waals surface area (Å²) in [7, 11) is 1.03. The molecule has 0 amide bonds. The number of aliphatic hydroxyl groups is 1. The first-order valence-electron chi connectivity index (χ1n) is 23.0. The molecule has 12 heteroatoms. The number of rotatable bonds is 38. The van der Waals surface area contributed by atoms with Gasteiger partial charge in [0.25, 0.3) is 7.82 Å². The third-order valence-electron chi connectivity index (χ3n) is 10.3. The van der Waals surface area contributed by atoms with Gasteiger partial charge >= 0.3 is 11.9 Å². The number of hydrogen-bond donors (Lipinski definition) is 1. The molecule has 0 bridgehead atoms. The molecule has 1 aliphatic rings. The fourth-order valence-corrected chi connectivity index (χ4v) is 7.23. The number of quaternary nitrogens is 1. The van der Waals surface area contributed by atoms with Crippen molar-refractivity contribution in [1.29, 1.82) is 0 Å². The van der Waals surface area contributed by atoms with Crippen molar-refractivity contribution in [2.24, 2.45) is 11.8 Å². The van der Waals surface area contributed by atoms with E-state index in [0.717, 1.165) is 51.4 Å². The Labute approximate surface area is 363 Å². The topological polar surface area (TPSA) is 148 Å². The molecule has 0 fully saturated rings. The van der Waals surface area contributed by atoms with Gasteiger partial charge in [0, 0.05) is 18.8 Å². The van der Waals surface area contributed by atoms with Crippen molar-refractivity contribution in [3.8, 4) is 0 Å². The molecule has 0 radical (unpaired) electrons. The van der Waals surface area contributed by atoms with Crippen LogP contribution in [0.15, 0.2) is 60.8 Å². The lowest BCUT2D eigenvalue weighted by Gasteiger charge is -2.28. The van der Waals surface area contributed by atoms with E-state index in [9.17, 15) is 28.9 Å². The molecule has 0 saturated heterocycles. The van der Waals surface area contributed by atoms with E-state index in [4.69, 9.17) is 18.5 Å². The summed E-state index contributed by atoms with van der Waals surface area (Å²) in [6.07, 6.45) is 38.7. The zero-order valence-electron chi connectivity index (χ0n) is 38.0. The Hall–Kier alpha value is -2.66. The number of carbonyl (C=O) groups excluding carboxylic acids is 3. The van der Waals surface area contributed by atoms with Gasteiger partial charge in [0.05, 0.1) is 33.9 Å². The lowest BCUT2D eigenvalue weighted by atomic mass is 9.90. The molecule has 0 aromatic rings. The van der Waals surface area contributed by atoms with E-state index in [2.05, 4.69) is 38.2 Å². The second kappa shape index (κ2) is 34.9. The lowest BCUT2D eigenvalue weighted by Crippen LogP contribution is -2.37. The average molecular weight is 864 g/mol. The molecule has 0 saturated carbocycles. The van der Waals surface area contributed by atoms with Crippen LogP contribution >= 0.6 is 7.82 Å². The molecule has 344 valence electrons. The van der Waals surface area contributed by atoms with Crippen LogP contribution in [0.5, 0.6) is 0 Å². The van der Waals surface area contributed by atoms with E-state index in [1.165, 1.54) is 44.9 Å². The van der Waals surface area contributed by atoms with Gasteiger partial charge in [-0.3, -0.25) is 18.9 Å². The number of phosphoric ester groups is 1. The number of hydrogen-bond acceptors (Lipinski definition) is 10. The second-order valence-corrected chi connectivity index (χ2v) is 18.5. The highest BCUT2D eigenvalue weighted by Crippen LogP contribution is 2.38. The first-order valence-corrected chi connectivity index (χ1v) is 24.5. The Kier molecular flexibility index (Phi) is 32.2. The van der Waals surface area contributed by atoms with Crippen molar-refractivity contribution in [3.63, 3.8) is 0 Å². The average Bonchev–Trinajstić information content (AvgIpc) is 3.55. The summed E-state index contributed by atoms with van der Waals surface area (Å²) in [5.74, 6) is -1.24. The predicted molar refractivity (Wildman–Crippen MR) is 240 cm³/mol. The van der Waals surface area contributed by atoms with Gasteiger partial charge in [-0.1, -0.05) is 133 Å². The number of esters is 2. The molecular formula is C48H82NO10P. The van der Waals surface area contributed by atoms with Gasteiger partial charge in [0.2, 0.25) is 0 Å². The Morgan fingerprint density at radius 1 is 0.783 bits per heavy atom. The quantitative estimate of drug-likeness (QED) is 0.0209. The molecule has 0 heterocycles. The van der Waals surface area contributed by atoms with Crippen LogP contribution in [-0.4, -0.2) is 87.0 Å². The number of ether oxygens (including phenoxy) is 2. The highest BCUT2D eigenvalue weighted by molar-refractivity contribution is 7.45. The fourth-order valence-electron chi connectivity index (χ4n) is 6.50. The Morgan fingerprint density at radius 2 is 1.38 bits per heavy atom. The molecular weight excluding hydrogens is 781 g/mol. The van der Waals surface area contributed by atoms with Crippen molar-refractivity contribution < 1.29 is 52.0 Å². The molecule has 0 aromatic heterocycles. The van der Waals surface area contributed by atoms with Crippen LogP contribution in [0, 0.1) is 11.8 Å². The molecule has 1 aliphatic carbocycles. The number of phosphoric acid groups is 1. The summed E-state index contributed by atoms with van der Waals surface area (Å²) in [5.41, 5.74) is 0. The standard InChI is InChI=1S/C48H82NO10P/c1-6-8-10-11-12-13-14-15-16-17-18-19-20-21-22-23-28-32-47(52)56-40-44(41-58-60(54,55)57-39-38-49(3,4)5)59-48(53)33-29-25-24-27-30-42-34-37-46(51)45(42)36-35-43(50)31-26-9-7-2/h12-13,15-16,24,27,34-37,42-45,50H,6-11,14,17-23,25-26,28-33,38-41H2,1-5H3/b13-12-,16-15-,27-24-,36-35+/t42-,43-,44+,45+/m0/s1. The molecule has 0 aromatic carbocycles. The summed E-state index contributed by atoms with van der Waals surface area (Å²) in [4.78, 5) is 50.2. The van der Waals surface area contributed by atoms with Crippen LogP contribution in [0.2, 0.25) is 0 Å². The van der Waals surface area contributed by atoms with Crippen LogP contribution in [0.1, 0.15) is 155 Å². The minimum absolute atomic E-state index is 0.0141. The van der Waals surface area contributed by atoms with E-state index in [1.54, 1.807) is 12.2 Å². The number of nitrogens with zero attached hydrogens (tertiary/aromatic N) is 1. The third-order valence-corrected chi connectivity index (χ3v) is 11.2. The van der Waals surface area contributed by atoms with Crippen LogP contribution < -0.4 is 4.89 Å². The van der Waals surface area contributed by atoms with E-state index in [0.29, 0.717) is 43.1 Å². The monoisotopic (exact) mass is 864 g/mol. The molecule has 60 heavy (non-hydrogen) atoms. The SMILES string of the molecule is CCCCC/C=C\C/C=C\CCCCCCCCCC(=O)OC[C@H](COP(=O)([O-])OCC[N+](C)(C)C)OC(=O)CCC/C=C\C[C@H]1C=CC(=O)[C@@H]1/C=C/[C@@H](O)CCCCC. The van der Waals surface area contributed by atoms with Crippen molar-refractivity contribution in [2.45, 2.75) is 167 Å². The number of likely N-dealkylation sites (N-methyl/N-ethyl adjacent to an activating group) is 1. The van der Waals surface area contributed by atoms with Gasteiger partial charge in [-0.2, -0.15) is 0 Å². The van der Waals surface area contributed by atoms with E-state index in [-0.39, 0.29) is 43.7 Å². The summed E-state index contributed by atoms with van der Waals surface area (Å²) >= 11 is 0. The summed E-state index contributed by atoms with van der Waals surface area (Å²) in [6.45, 7) is 3.85. The first kappa shape index (κ1) is 55.4. The van der Waals surface area contributed by atoms with Crippen LogP contribution in [-0.2, 0) is 37.5 Å². The summed E-state index contributed by atoms with van der Waals surface area (Å²) in [5, 5.41) is 10.2. The van der Waals surface area contributed by atoms with Crippen LogP contribution in [0.4, 0.5) is 0 Å². The fraction of sp³-hybridized carbons (Fsp3) is 0.729. The van der Waals surface area contributed by atoms with Gasteiger partial charge in [0.1, 0.15) is 19.8 Å². The van der Waals surface area contributed by atoms with Crippen molar-refractivity contribution in [2.75, 3.05) is 47.5 Å². The summed E-state index contributed by atoms with van der Waals surface area (Å²) in [6, 6.07) is 0. The van der Waals surface area contributed by atoms with Gasteiger partial charge in [-0.15, -0.1) is 0 Å². The first-order chi connectivity index (χ1) is 28.8. The molecule has 1 rings (SSSR count). The van der Waals surface area contributed by atoms with Crippen LogP contribution in [0.25, 0.3) is 0 Å². The Morgan fingerprint density at radius 3 is 2.07 bits per heavy atom. The number of carbonyl (C=O) groups is 3. The lowest BCUT2D eigenvalue weighted by molar-refractivity contribution is -0.870. The maximum absolute atomic E-state index is 12.8. The molecule has 5 atom stereocenters. The zero-order valence-corrected chi connectivity index (χ0v) is 38.9. The second-order valence-electron chi connectivity index (χ2n) is 17.1. The Balaban J connectivity index is 2.45. The zero-order chi connectivity index (χ0) is 44.3. The molecule has 0 aliphatic heterocycles. The maximum atomic E-state index is 12.8. The van der Waals surface area contributed by atoms with Gasteiger partial charge in [-0.05, 0) is 76.2 Å². The minimum atomic E-state index is -4.69. The molecule has 11 nitrogen and oxygen atoms in total. The van der Waals surface area contributed by atoms with Gasteiger partial charge < -0.3 is 33.0 Å². The van der Waals surface area contributed by atoms with Crippen molar-refractivity contribution in [1.82, 2.24) is 0 Å². The highest BCUT2D eigenvalue weighted by atomic mass is 31.2. The number of ketones is 1. The third kappa shape index (κ3) is 32.1. The van der Waals surface area contributed by atoms with E-state index >= 15 is 0 Å². The van der Waals surface area contributed by atoms with E-state index in [1.807, 2.05) is 45.4 Å². The van der Waals surface area contributed by atoms with Crippen molar-refractivity contribution in [3.05, 3.63) is 60.8 Å². The minimum Gasteiger partial charge on any atom is -0.756 e. The van der Waals surface area contributed by atoms with Gasteiger partial charge in [-0.25, -0.2) is 0 Å². The Bertz CT molecular complexity index is 1350. The largest absolute Gasteiger partial charge is 0.756 e. The molecule has 1 N–H and O–H groups in total.